The standard InChI is InChI=1S/C15H20F2N4O3/c1-9-5-10(20-8-19-9)6-18-11(22)14(7-15(14,16)17)21-12(23)24-13(2,3)4/h5,8H,6-7H2,1-4H3,(H,18,22)(H,21,23). The third-order valence-corrected chi connectivity index (χ3v) is 3.38. The van der Waals surface area contributed by atoms with Crippen LogP contribution in [0.15, 0.2) is 12.4 Å². The Morgan fingerprint density at radius 2 is 1.96 bits per heavy atom. The maximum atomic E-state index is 13.7. The van der Waals surface area contributed by atoms with Gasteiger partial charge >= 0.3 is 6.09 Å². The van der Waals surface area contributed by atoms with E-state index in [-0.39, 0.29) is 6.54 Å². The third kappa shape index (κ3) is 3.95. The van der Waals surface area contributed by atoms with E-state index < -0.39 is 35.5 Å². The average Bonchev–Trinajstić information content (AvgIpc) is 2.96. The van der Waals surface area contributed by atoms with Gasteiger partial charge in [0.25, 0.3) is 11.8 Å². The second-order valence-electron chi connectivity index (χ2n) is 6.75. The lowest BCUT2D eigenvalue weighted by Crippen LogP contribution is -2.53. The summed E-state index contributed by atoms with van der Waals surface area (Å²) in [5, 5.41) is 4.38. The molecule has 1 saturated carbocycles. The van der Waals surface area contributed by atoms with Crippen molar-refractivity contribution in [3.8, 4) is 0 Å². The fourth-order valence-corrected chi connectivity index (χ4v) is 2.13. The first-order valence-electron chi connectivity index (χ1n) is 7.40. The van der Waals surface area contributed by atoms with Crippen LogP contribution in [0, 0.1) is 6.92 Å². The van der Waals surface area contributed by atoms with Gasteiger partial charge in [-0.2, -0.15) is 0 Å². The van der Waals surface area contributed by atoms with Crippen LogP contribution in [0.1, 0.15) is 38.6 Å². The number of aryl methyl sites for hydroxylation is 1. The summed E-state index contributed by atoms with van der Waals surface area (Å²) >= 11 is 0. The van der Waals surface area contributed by atoms with E-state index in [9.17, 15) is 18.4 Å². The lowest BCUT2D eigenvalue weighted by atomic mass is 10.2. The number of hydrogen-bond donors (Lipinski definition) is 2. The fraction of sp³-hybridized carbons (Fsp3) is 0.600. The van der Waals surface area contributed by atoms with Crippen molar-refractivity contribution in [3.05, 3.63) is 23.8 Å². The van der Waals surface area contributed by atoms with Gasteiger partial charge < -0.3 is 15.4 Å². The maximum Gasteiger partial charge on any atom is 0.408 e. The quantitative estimate of drug-likeness (QED) is 0.869. The molecule has 0 saturated heterocycles. The number of aromatic nitrogens is 2. The number of carbonyl (C=O) groups is 2. The molecule has 0 aliphatic heterocycles. The topological polar surface area (TPSA) is 93.2 Å². The second-order valence-corrected chi connectivity index (χ2v) is 6.75. The number of alkyl halides is 2. The van der Waals surface area contributed by atoms with Crippen molar-refractivity contribution in [1.29, 1.82) is 0 Å². The van der Waals surface area contributed by atoms with Crippen LogP contribution in [0.5, 0.6) is 0 Å². The number of hydrogen-bond acceptors (Lipinski definition) is 5. The Morgan fingerprint density at radius 1 is 1.33 bits per heavy atom. The molecule has 0 spiro atoms. The summed E-state index contributed by atoms with van der Waals surface area (Å²) in [6.07, 6.45) is -0.516. The molecule has 1 aliphatic rings. The lowest BCUT2D eigenvalue weighted by molar-refractivity contribution is -0.127. The van der Waals surface area contributed by atoms with Gasteiger partial charge in [0.2, 0.25) is 0 Å². The summed E-state index contributed by atoms with van der Waals surface area (Å²) < 4.78 is 32.4. The third-order valence-electron chi connectivity index (χ3n) is 3.38. The van der Waals surface area contributed by atoms with E-state index in [4.69, 9.17) is 4.74 Å². The predicted molar refractivity (Wildman–Crippen MR) is 80.3 cm³/mol. The van der Waals surface area contributed by atoms with Gasteiger partial charge in [-0.25, -0.2) is 23.5 Å². The highest BCUT2D eigenvalue weighted by Gasteiger charge is 2.77. The summed E-state index contributed by atoms with van der Waals surface area (Å²) in [6, 6.07) is 1.62. The number of alkyl carbamates (subject to hydrolysis) is 1. The summed E-state index contributed by atoms with van der Waals surface area (Å²) in [6.45, 7) is 6.50. The minimum absolute atomic E-state index is 0.0456. The summed E-state index contributed by atoms with van der Waals surface area (Å²) in [7, 11) is 0. The minimum atomic E-state index is -3.32. The summed E-state index contributed by atoms with van der Waals surface area (Å²) in [5.41, 5.74) is -1.97. The van der Waals surface area contributed by atoms with Crippen LogP contribution in [-0.2, 0) is 16.1 Å². The number of rotatable bonds is 4. The van der Waals surface area contributed by atoms with Crippen molar-refractivity contribution in [1.82, 2.24) is 20.6 Å². The molecule has 0 bridgehead atoms. The Labute approximate surface area is 138 Å². The van der Waals surface area contributed by atoms with E-state index in [2.05, 4.69) is 15.3 Å². The lowest BCUT2D eigenvalue weighted by Gasteiger charge is -2.23. The highest BCUT2D eigenvalue weighted by Crippen LogP contribution is 2.53. The van der Waals surface area contributed by atoms with Crippen LogP contribution in [0.3, 0.4) is 0 Å². The van der Waals surface area contributed by atoms with Crippen molar-refractivity contribution < 1.29 is 23.1 Å². The van der Waals surface area contributed by atoms with Crippen LogP contribution in [0.2, 0.25) is 0 Å². The first-order valence-corrected chi connectivity index (χ1v) is 7.40. The summed E-state index contributed by atoms with van der Waals surface area (Å²) in [4.78, 5) is 31.8. The normalized spacial score (nSPS) is 21.8. The molecule has 1 aliphatic carbocycles. The molecule has 1 heterocycles. The molecule has 1 unspecified atom stereocenters. The van der Waals surface area contributed by atoms with Crippen molar-refractivity contribution in [3.63, 3.8) is 0 Å². The van der Waals surface area contributed by atoms with Gasteiger partial charge in [-0.15, -0.1) is 0 Å². The van der Waals surface area contributed by atoms with Crippen molar-refractivity contribution >= 4 is 12.0 Å². The van der Waals surface area contributed by atoms with E-state index in [0.717, 1.165) is 0 Å². The first kappa shape index (κ1) is 18.0. The van der Waals surface area contributed by atoms with Crippen LogP contribution in [-0.4, -0.2) is 39.0 Å². The van der Waals surface area contributed by atoms with Gasteiger partial charge in [-0.1, -0.05) is 0 Å². The SMILES string of the molecule is Cc1cc(CNC(=O)C2(NC(=O)OC(C)(C)C)CC2(F)F)ncn1. The van der Waals surface area contributed by atoms with E-state index in [1.54, 1.807) is 33.8 Å². The molecule has 2 amide bonds. The number of carbonyl (C=O) groups excluding carboxylic acids is 2. The van der Waals surface area contributed by atoms with Gasteiger partial charge in [0.1, 0.15) is 11.9 Å². The van der Waals surface area contributed by atoms with E-state index in [0.29, 0.717) is 11.4 Å². The molecule has 7 nitrogen and oxygen atoms in total. The molecule has 132 valence electrons. The van der Waals surface area contributed by atoms with Gasteiger partial charge in [-0.05, 0) is 33.8 Å². The van der Waals surface area contributed by atoms with Crippen molar-refractivity contribution in [2.45, 2.75) is 57.7 Å². The highest BCUT2D eigenvalue weighted by molar-refractivity contribution is 5.95. The maximum absolute atomic E-state index is 13.7. The number of halogens is 2. The van der Waals surface area contributed by atoms with Gasteiger partial charge in [0.15, 0.2) is 5.54 Å². The van der Waals surface area contributed by atoms with E-state index in [1.165, 1.54) is 6.33 Å². The number of nitrogens with one attached hydrogen (secondary N) is 2. The fourth-order valence-electron chi connectivity index (χ4n) is 2.13. The average molecular weight is 342 g/mol. The number of amides is 2. The van der Waals surface area contributed by atoms with E-state index >= 15 is 0 Å². The van der Waals surface area contributed by atoms with Gasteiger partial charge in [0, 0.05) is 5.69 Å². The minimum Gasteiger partial charge on any atom is -0.444 e. The summed E-state index contributed by atoms with van der Waals surface area (Å²) in [5.74, 6) is -4.30. The Bertz CT molecular complexity index is 660. The first-order chi connectivity index (χ1) is 11.0. The predicted octanol–water partition coefficient (Wildman–Crippen LogP) is 1.70. The Kier molecular flexibility index (Phi) is 4.47. The molecule has 1 fully saturated rings. The Balaban J connectivity index is 2.02. The molecule has 0 aromatic carbocycles. The largest absolute Gasteiger partial charge is 0.444 e. The Hall–Kier alpha value is -2.32. The number of nitrogens with zero attached hydrogens (tertiary/aromatic N) is 2. The van der Waals surface area contributed by atoms with E-state index in [1.807, 2.05) is 5.32 Å². The second kappa shape index (κ2) is 5.95. The van der Waals surface area contributed by atoms with Gasteiger partial charge in [0.05, 0.1) is 18.7 Å². The van der Waals surface area contributed by atoms with Crippen LogP contribution >= 0.6 is 0 Å². The zero-order chi connectivity index (χ0) is 18.2. The smallest absolute Gasteiger partial charge is 0.408 e. The van der Waals surface area contributed by atoms with Crippen LogP contribution in [0.4, 0.5) is 13.6 Å². The highest BCUT2D eigenvalue weighted by atomic mass is 19.3. The molecule has 24 heavy (non-hydrogen) atoms. The molecule has 2 N–H and O–H groups in total. The zero-order valence-corrected chi connectivity index (χ0v) is 13.9. The molecule has 2 rings (SSSR count). The molecule has 0 radical (unpaired) electrons. The van der Waals surface area contributed by atoms with Crippen LogP contribution in [0.25, 0.3) is 0 Å². The Morgan fingerprint density at radius 3 is 2.46 bits per heavy atom. The molecule has 1 aromatic rings. The molecule has 1 atom stereocenters. The monoisotopic (exact) mass is 342 g/mol. The molecular weight excluding hydrogens is 322 g/mol. The van der Waals surface area contributed by atoms with Crippen molar-refractivity contribution in [2.75, 3.05) is 0 Å². The number of ether oxygens (including phenoxy) is 1. The molecule has 9 heteroatoms. The van der Waals surface area contributed by atoms with Crippen molar-refractivity contribution in [2.24, 2.45) is 0 Å². The molecule has 1 aromatic heterocycles. The zero-order valence-electron chi connectivity index (χ0n) is 13.9. The van der Waals surface area contributed by atoms with Crippen LogP contribution < -0.4 is 10.6 Å². The molecular formula is C15H20F2N4O3. The van der Waals surface area contributed by atoms with Gasteiger partial charge in [-0.3, -0.25) is 4.79 Å².